The number of anilines is 2. The van der Waals surface area contributed by atoms with E-state index in [4.69, 9.17) is 0 Å². The van der Waals surface area contributed by atoms with Crippen LogP contribution in [0.3, 0.4) is 0 Å². The number of carboxylic acid groups (broad SMARTS) is 1. The summed E-state index contributed by atoms with van der Waals surface area (Å²) in [6, 6.07) is 18.8. The van der Waals surface area contributed by atoms with Crippen LogP contribution in [0.2, 0.25) is 0 Å². The maximum atomic E-state index is 12.4. The summed E-state index contributed by atoms with van der Waals surface area (Å²) in [6.07, 6.45) is 0. The van der Waals surface area contributed by atoms with Crippen LogP contribution in [0.1, 0.15) is 10.4 Å². The molecule has 1 heterocycles. The number of thiophene rings is 1. The van der Waals surface area contributed by atoms with Gasteiger partial charge in [-0.2, -0.15) is 0 Å². The van der Waals surface area contributed by atoms with Crippen molar-refractivity contribution in [3.8, 4) is 11.1 Å². The number of rotatable bonds is 6. The standard InChI is InChI=1S/C20H18N2O3S/c1-22(15-10-6-3-7-11-15)12-17(23)21-19-18(20(24)25)16(13-26-19)14-8-4-2-5-9-14/h2-11,13H,12H2,1H3,(H,21,23)(H,24,25). The first-order valence-electron chi connectivity index (χ1n) is 8.02. The van der Waals surface area contributed by atoms with E-state index in [1.54, 1.807) is 5.38 Å². The van der Waals surface area contributed by atoms with Gasteiger partial charge in [-0.25, -0.2) is 4.79 Å². The van der Waals surface area contributed by atoms with E-state index >= 15 is 0 Å². The molecule has 0 aliphatic carbocycles. The van der Waals surface area contributed by atoms with Crippen LogP contribution >= 0.6 is 11.3 Å². The van der Waals surface area contributed by atoms with Gasteiger partial charge in [-0.1, -0.05) is 48.5 Å². The Hall–Kier alpha value is -3.12. The first-order valence-corrected chi connectivity index (χ1v) is 8.90. The number of amides is 1. The van der Waals surface area contributed by atoms with Crippen LogP contribution in [-0.2, 0) is 4.79 Å². The highest BCUT2D eigenvalue weighted by Gasteiger charge is 2.21. The van der Waals surface area contributed by atoms with Crippen molar-refractivity contribution in [1.82, 2.24) is 0 Å². The maximum absolute atomic E-state index is 12.4. The number of carbonyl (C=O) groups excluding carboxylic acids is 1. The largest absolute Gasteiger partial charge is 0.478 e. The van der Waals surface area contributed by atoms with Crippen LogP contribution in [0.4, 0.5) is 10.7 Å². The second-order valence-corrected chi connectivity index (χ2v) is 6.64. The number of hydrogen-bond donors (Lipinski definition) is 2. The van der Waals surface area contributed by atoms with Crippen molar-refractivity contribution in [3.63, 3.8) is 0 Å². The van der Waals surface area contributed by atoms with Gasteiger partial charge in [0.2, 0.25) is 5.91 Å². The molecule has 3 rings (SSSR count). The zero-order valence-corrected chi connectivity index (χ0v) is 15.0. The molecule has 132 valence electrons. The molecule has 1 aromatic heterocycles. The first-order chi connectivity index (χ1) is 12.6. The van der Waals surface area contributed by atoms with Gasteiger partial charge in [0.05, 0.1) is 6.54 Å². The van der Waals surface area contributed by atoms with Crippen molar-refractivity contribution in [2.75, 3.05) is 23.8 Å². The third kappa shape index (κ3) is 3.92. The van der Waals surface area contributed by atoms with Crippen molar-refractivity contribution in [2.45, 2.75) is 0 Å². The molecule has 5 nitrogen and oxygen atoms in total. The fourth-order valence-corrected chi connectivity index (χ4v) is 3.63. The number of para-hydroxylation sites is 1. The summed E-state index contributed by atoms with van der Waals surface area (Å²) in [5.41, 5.74) is 2.45. The Labute approximate surface area is 155 Å². The van der Waals surface area contributed by atoms with Crippen molar-refractivity contribution in [1.29, 1.82) is 0 Å². The Morgan fingerprint density at radius 2 is 1.65 bits per heavy atom. The number of carbonyl (C=O) groups is 2. The monoisotopic (exact) mass is 366 g/mol. The third-order valence-electron chi connectivity index (χ3n) is 3.92. The SMILES string of the molecule is CN(CC(=O)Nc1scc(-c2ccccc2)c1C(=O)O)c1ccccc1. The van der Waals surface area contributed by atoms with E-state index in [0.717, 1.165) is 11.3 Å². The highest BCUT2D eigenvalue weighted by Crippen LogP contribution is 2.35. The highest BCUT2D eigenvalue weighted by atomic mass is 32.1. The van der Waals surface area contributed by atoms with E-state index in [-0.39, 0.29) is 18.0 Å². The highest BCUT2D eigenvalue weighted by molar-refractivity contribution is 7.15. The number of carboxylic acids is 1. The number of nitrogens with one attached hydrogen (secondary N) is 1. The van der Waals surface area contributed by atoms with E-state index in [9.17, 15) is 14.7 Å². The molecule has 0 aliphatic rings. The molecule has 2 aromatic carbocycles. The lowest BCUT2D eigenvalue weighted by molar-refractivity contribution is -0.114. The third-order valence-corrected chi connectivity index (χ3v) is 4.82. The van der Waals surface area contributed by atoms with E-state index in [1.165, 1.54) is 11.3 Å². The number of likely N-dealkylation sites (N-methyl/N-ethyl adjacent to an activating group) is 1. The molecule has 0 saturated carbocycles. The van der Waals surface area contributed by atoms with Crippen LogP contribution in [-0.4, -0.2) is 30.6 Å². The molecule has 0 spiro atoms. The van der Waals surface area contributed by atoms with Crippen molar-refractivity contribution >= 4 is 33.9 Å². The molecule has 1 amide bonds. The molecule has 6 heteroatoms. The Kier molecular flexibility index (Phi) is 5.34. The van der Waals surface area contributed by atoms with Crippen LogP contribution in [0, 0.1) is 0 Å². The van der Waals surface area contributed by atoms with Gasteiger partial charge in [-0.05, 0) is 17.7 Å². The Balaban J connectivity index is 1.78. The summed E-state index contributed by atoms with van der Waals surface area (Å²) in [7, 11) is 1.82. The molecule has 0 radical (unpaired) electrons. The zero-order chi connectivity index (χ0) is 18.5. The van der Waals surface area contributed by atoms with E-state index in [1.807, 2.05) is 72.6 Å². The summed E-state index contributed by atoms with van der Waals surface area (Å²) in [4.78, 5) is 25.9. The summed E-state index contributed by atoms with van der Waals surface area (Å²) >= 11 is 1.22. The molecule has 0 aliphatic heterocycles. The molecule has 0 saturated heterocycles. The second kappa shape index (κ2) is 7.84. The lowest BCUT2D eigenvalue weighted by atomic mass is 10.0. The van der Waals surface area contributed by atoms with Gasteiger partial charge in [-0.15, -0.1) is 11.3 Å². The molecule has 0 bridgehead atoms. The van der Waals surface area contributed by atoms with Crippen molar-refractivity contribution in [3.05, 3.63) is 71.6 Å². The Bertz CT molecular complexity index is 907. The van der Waals surface area contributed by atoms with Crippen LogP contribution in [0.5, 0.6) is 0 Å². The Morgan fingerprint density at radius 1 is 1.04 bits per heavy atom. The molecular formula is C20H18N2O3S. The van der Waals surface area contributed by atoms with Gasteiger partial charge < -0.3 is 15.3 Å². The number of benzene rings is 2. The van der Waals surface area contributed by atoms with Gasteiger partial charge in [-0.3, -0.25) is 4.79 Å². The smallest absolute Gasteiger partial charge is 0.339 e. The second-order valence-electron chi connectivity index (χ2n) is 5.76. The predicted molar refractivity (Wildman–Crippen MR) is 105 cm³/mol. The van der Waals surface area contributed by atoms with Gasteiger partial charge in [0.1, 0.15) is 10.6 Å². The van der Waals surface area contributed by atoms with E-state index in [0.29, 0.717) is 10.6 Å². The minimum atomic E-state index is -1.06. The van der Waals surface area contributed by atoms with Crippen LogP contribution < -0.4 is 10.2 Å². The van der Waals surface area contributed by atoms with Crippen LogP contribution in [0.25, 0.3) is 11.1 Å². The summed E-state index contributed by atoms with van der Waals surface area (Å²) < 4.78 is 0. The lowest BCUT2D eigenvalue weighted by Gasteiger charge is -2.18. The molecule has 3 aromatic rings. The van der Waals surface area contributed by atoms with Crippen molar-refractivity contribution < 1.29 is 14.7 Å². The summed E-state index contributed by atoms with van der Waals surface area (Å²) in [6.45, 7) is 0.127. The van der Waals surface area contributed by atoms with Gasteiger partial charge in [0, 0.05) is 23.7 Å². The van der Waals surface area contributed by atoms with Gasteiger partial charge >= 0.3 is 5.97 Å². The fourth-order valence-electron chi connectivity index (χ4n) is 2.65. The van der Waals surface area contributed by atoms with Gasteiger partial charge in [0.25, 0.3) is 0 Å². The average molecular weight is 366 g/mol. The molecule has 0 fully saturated rings. The van der Waals surface area contributed by atoms with Crippen LogP contribution in [0.15, 0.2) is 66.0 Å². The molecule has 2 N–H and O–H groups in total. The minimum Gasteiger partial charge on any atom is -0.478 e. The molecule has 0 unspecified atom stereocenters. The van der Waals surface area contributed by atoms with E-state index < -0.39 is 5.97 Å². The normalized spacial score (nSPS) is 10.3. The predicted octanol–water partition coefficient (Wildman–Crippen LogP) is 4.19. The van der Waals surface area contributed by atoms with E-state index in [2.05, 4.69) is 5.32 Å². The lowest BCUT2D eigenvalue weighted by Crippen LogP contribution is -2.30. The van der Waals surface area contributed by atoms with Crippen molar-refractivity contribution in [2.24, 2.45) is 0 Å². The number of nitrogens with zero attached hydrogens (tertiary/aromatic N) is 1. The fraction of sp³-hybridized carbons (Fsp3) is 0.100. The first kappa shape index (κ1) is 17.7. The minimum absolute atomic E-state index is 0.122. The summed E-state index contributed by atoms with van der Waals surface area (Å²) in [5.74, 6) is -1.32. The van der Waals surface area contributed by atoms with Gasteiger partial charge in [0.15, 0.2) is 0 Å². The quantitative estimate of drug-likeness (QED) is 0.686. The zero-order valence-electron chi connectivity index (χ0n) is 14.2. The number of hydrogen-bond acceptors (Lipinski definition) is 4. The number of aromatic carboxylic acids is 1. The topological polar surface area (TPSA) is 69.6 Å². The maximum Gasteiger partial charge on any atom is 0.339 e. The molecule has 26 heavy (non-hydrogen) atoms. The average Bonchev–Trinajstić information content (AvgIpc) is 3.06. The Morgan fingerprint density at radius 3 is 2.27 bits per heavy atom. The molecular weight excluding hydrogens is 348 g/mol. The summed E-state index contributed by atoms with van der Waals surface area (Å²) in [5, 5.41) is 14.5. The molecule has 0 atom stereocenters.